The number of ether oxygens (including phenoxy) is 1. The Morgan fingerprint density at radius 2 is 0.610 bits per heavy atom. The van der Waals surface area contributed by atoms with Crippen molar-refractivity contribution < 1.29 is 24.5 Å². The lowest BCUT2D eigenvalue weighted by Crippen LogP contribution is -2.45. The predicted molar refractivity (Wildman–Crippen MR) is 338 cm³/mol. The van der Waals surface area contributed by atoms with E-state index in [1.54, 1.807) is 6.08 Å². The number of nitrogens with one attached hydrogen (secondary N) is 1. The van der Waals surface area contributed by atoms with Crippen molar-refractivity contribution in [3.63, 3.8) is 0 Å². The molecule has 6 heteroatoms. The normalized spacial score (nSPS) is 12.7. The molecule has 0 aliphatic rings. The summed E-state index contributed by atoms with van der Waals surface area (Å²) in [7, 11) is 0. The van der Waals surface area contributed by atoms with Crippen LogP contribution in [0.4, 0.5) is 0 Å². The molecule has 0 aromatic heterocycles. The molecule has 2 unspecified atom stereocenters. The second-order valence-electron chi connectivity index (χ2n) is 23.9. The van der Waals surface area contributed by atoms with Crippen LogP contribution in [0.15, 0.2) is 36.5 Å². The third kappa shape index (κ3) is 63.1. The van der Waals surface area contributed by atoms with E-state index in [-0.39, 0.29) is 18.5 Å². The van der Waals surface area contributed by atoms with E-state index < -0.39 is 12.1 Å². The van der Waals surface area contributed by atoms with Crippen LogP contribution in [0.2, 0.25) is 0 Å². The van der Waals surface area contributed by atoms with Crippen molar-refractivity contribution in [3.8, 4) is 0 Å². The monoisotopic (exact) mass is 1080 g/mol. The first kappa shape index (κ1) is 75.1. The van der Waals surface area contributed by atoms with Crippen LogP contribution in [0.5, 0.6) is 0 Å². The first-order valence-electron chi connectivity index (χ1n) is 34.8. The number of aliphatic hydroxyl groups excluding tert-OH is 2. The van der Waals surface area contributed by atoms with Crippen molar-refractivity contribution in [1.29, 1.82) is 0 Å². The summed E-state index contributed by atoms with van der Waals surface area (Å²) in [4.78, 5) is 24.5. The number of unbranched alkanes of at least 4 members (excludes halogenated alkanes) is 50. The van der Waals surface area contributed by atoms with Gasteiger partial charge in [-0.3, -0.25) is 9.59 Å². The minimum absolute atomic E-state index is 0.00714. The molecular formula is C71H135NO5. The van der Waals surface area contributed by atoms with E-state index in [9.17, 15) is 19.8 Å². The highest BCUT2D eigenvalue weighted by molar-refractivity contribution is 5.76. The third-order valence-corrected chi connectivity index (χ3v) is 16.1. The molecule has 454 valence electrons. The molecule has 0 saturated carbocycles. The van der Waals surface area contributed by atoms with E-state index >= 15 is 0 Å². The van der Waals surface area contributed by atoms with Crippen LogP contribution in [0.3, 0.4) is 0 Å². The molecule has 3 N–H and O–H groups in total. The standard InChI is InChI=1S/C71H135NO5/c1-3-5-7-9-11-13-15-17-18-19-33-36-40-43-47-51-55-59-63-69(74)68(67-73)72-70(75)64-60-56-52-48-44-41-37-34-31-29-27-25-23-21-20-22-24-26-28-30-32-35-38-42-46-50-54-58-62-66-77-71(76)65-61-57-53-49-45-39-16-14-12-10-8-6-4-2/h14,16,20,22,59,63,68-69,73-74H,3-13,15,17-19,21,23-58,60-62,64-67H2,1-2H3,(H,72,75)/b16-14-,22-20-,63-59+. The van der Waals surface area contributed by atoms with Gasteiger partial charge in [0.25, 0.3) is 0 Å². The summed E-state index contributed by atoms with van der Waals surface area (Å²) in [6.45, 7) is 4.91. The van der Waals surface area contributed by atoms with Crippen LogP contribution in [0.25, 0.3) is 0 Å². The van der Waals surface area contributed by atoms with Crippen molar-refractivity contribution in [2.24, 2.45) is 0 Å². The Labute approximate surface area is 481 Å². The summed E-state index contributed by atoms with van der Waals surface area (Å²) in [5, 5.41) is 23.2. The minimum Gasteiger partial charge on any atom is -0.466 e. The van der Waals surface area contributed by atoms with Gasteiger partial charge in [0.1, 0.15) is 0 Å². The lowest BCUT2D eigenvalue weighted by molar-refractivity contribution is -0.143. The molecule has 0 aromatic carbocycles. The fourth-order valence-electron chi connectivity index (χ4n) is 10.8. The summed E-state index contributed by atoms with van der Waals surface area (Å²) in [5.74, 6) is -0.0572. The van der Waals surface area contributed by atoms with Crippen LogP contribution in [-0.4, -0.2) is 47.4 Å². The van der Waals surface area contributed by atoms with Gasteiger partial charge in [-0.05, 0) is 83.5 Å². The number of rotatable bonds is 65. The maximum Gasteiger partial charge on any atom is 0.305 e. The average molecular weight is 1080 g/mol. The Morgan fingerprint density at radius 3 is 0.935 bits per heavy atom. The summed E-state index contributed by atoms with van der Waals surface area (Å²) in [5.41, 5.74) is 0. The van der Waals surface area contributed by atoms with Crippen molar-refractivity contribution in [2.75, 3.05) is 13.2 Å². The molecule has 0 aliphatic heterocycles. The zero-order valence-electron chi connectivity index (χ0n) is 52.0. The number of aliphatic hydroxyl groups is 2. The number of esters is 1. The van der Waals surface area contributed by atoms with E-state index in [4.69, 9.17) is 4.74 Å². The van der Waals surface area contributed by atoms with E-state index in [1.807, 2.05) is 6.08 Å². The zero-order chi connectivity index (χ0) is 55.7. The topological polar surface area (TPSA) is 95.9 Å². The molecule has 0 heterocycles. The third-order valence-electron chi connectivity index (χ3n) is 16.1. The Bertz CT molecular complexity index is 1250. The second kappa shape index (κ2) is 66.6. The van der Waals surface area contributed by atoms with Crippen LogP contribution >= 0.6 is 0 Å². The predicted octanol–water partition coefficient (Wildman–Crippen LogP) is 22.3. The first-order valence-corrected chi connectivity index (χ1v) is 34.8. The average Bonchev–Trinajstić information content (AvgIpc) is 3.43. The van der Waals surface area contributed by atoms with Gasteiger partial charge >= 0.3 is 5.97 Å². The first-order chi connectivity index (χ1) is 38.0. The zero-order valence-corrected chi connectivity index (χ0v) is 52.0. The minimum atomic E-state index is -0.844. The molecule has 2 atom stereocenters. The number of hydrogen-bond acceptors (Lipinski definition) is 5. The van der Waals surface area contributed by atoms with Crippen LogP contribution in [0.1, 0.15) is 380 Å². The smallest absolute Gasteiger partial charge is 0.305 e. The highest BCUT2D eigenvalue weighted by Crippen LogP contribution is 2.18. The molecule has 1 amide bonds. The van der Waals surface area contributed by atoms with Crippen LogP contribution < -0.4 is 5.32 Å². The molecule has 0 aliphatic carbocycles. The molecule has 0 spiro atoms. The van der Waals surface area contributed by atoms with Gasteiger partial charge in [-0.2, -0.15) is 0 Å². The van der Waals surface area contributed by atoms with Gasteiger partial charge in [0.2, 0.25) is 5.91 Å². The number of hydrogen-bond donors (Lipinski definition) is 3. The molecule has 0 rings (SSSR count). The number of allylic oxidation sites excluding steroid dienone is 5. The van der Waals surface area contributed by atoms with Crippen LogP contribution in [-0.2, 0) is 14.3 Å². The summed E-state index contributed by atoms with van der Waals surface area (Å²) in [6.07, 6.45) is 85.0. The van der Waals surface area contributed by atoms with Crippen LogP contribution in [0, 0.1) is 0 Å². The van der Waals surface area contributed by atoms with Gasteiger partial charge in [-0.25, -0.2) is 0 Å². The number of amides is 1. The molecule has 0 saturated heterocycles. The Hall–Kier alpha value is -1.92. The Balaban J connectivity index is 3.40. The van der Waals surface area contributed by atoms with E-state index in [0.717, 1.165) is 44.9 Å². The molecular weight excluding hydrogens is 947 g/mol. The summed E-state index contributed by atoms with van der Waals surface area (Å²) >= 11 is 0. The Kier molecular flexibility index (Phi) is 64.9. The van der Waals surface area contributed by atoms with E-state index in [0.29, 0.717) is 19.4 Å². The van der Waals surface area contributed by atoms with Gasteiger partial charge < -0.3 is 20.3 Å². The summed E-state index contributed by atoms with van der Waals surface area (Å²) < 4.78 is 5.48. The number of carbonyl (C=O) groups is 2. The highest BCUT2D eigenvalue weighted by atomic mass is 16.5. The van der Waals surface area contributed by atoms with E-state index in [1.165, 1.54) is 308 Å². The molecule has 6 nitrogen and oxygen atoms in total. The molecule has 0 bridgehead atoms. The molecule has 77 heavy (non-hydrogen) atoms. The van der Waals surface area contributed by atoms with Gasteiger partial charge in [0.05, 0.1) is 25.4 Å². The quantitative estimate of drug-likeness (QED) is 0.0320. The lowest BCUT2D eigenvalue weighted by atomic mass is 10.0. The van der Waals surface area contributed by atoms with Gasteiger partial charge in [-0.1, -0.05) is 320 Å². The second-order valence-corrected chi connectivity index (χ2v) is 23.9. The molecule has 0 aromatic rings. The highest BCUT2D eigenvalue weighted by Gasteiger charge is 2.18. The fraction of sp³-hybridized carbons (Fsp3) is 0.887. The fourth-order valence-corrected chi connectivity index (χ4v) is 10.8. The van der Waals surface area contributed by atoms with Gasteiger partial charge in [0, 0.05) is 12.8 Å². The molecule has 0 fully saturated rings. The maximum absolute atomic E-state index is 12.5. The number of carbonyl (C=O) groups excluding carboxylic acids is 2. The Morgan fingerprint density at radius 1 is 0.351 bits per heavy atom. The van der Waals surface area contributed by atoms with Gasteiger partial charge in [-0.15, -0.1) is 0 Å². The summed E-state index contributed by atoms with van der Waals surface area (Å²) in [6, 6.07) is -0.628. The largest absolute Gasteiger partial charge is 0.466 e. The van der Waals surface area contributed by atoms with Crippen molar-refractivity contribution in [1.82, 2.24) is 5.32 Å². The van der Waals surface area contributed by atoms with Crippen molar-refractivity contribution in [3.05, 3.63) is 36.5 Å². The molecule has 0 radical (unpaired) electrons. The van der Waals surface area contributed by atoms with Gasteiger partial charge in [0.15, 0.2) is 0 Å². The lowest BCUT2D eigenvalue weighted by Gasteiger charge is -2.20. The van der Waals surface area contributed by atoms with Crippen molar-refractivity contribution >= 4 is 11.9 Å². The SMILES string of the molecule is CCCCCC/C=C\CCCCCCCC(=O)OCCCCCCCCCCCCCC/C=C\CCCCCCCCCCCCCCCC(=O)NC(CO)C(O)/C=C/CCCCCCCCCCCCCCCCCC. The maximum atomic E-state index is 12.5. The van der Waals surface area contributed by atoms with E-state index in [2.05, 4.69) is 43.5 Å². The van der Waals surface area contributed by atoms with Crippen molar-refractivity contribution in [2.45, 2.75) is 392 Å².